The van der Waals surface area contributed by atoms with Gasteiger partial charge in [-0.05, 0) is 29.8 Å². The van der Waals surface area contributed by atoms with Gasteiger partial charge >= 0.3 is 4.87 Å². The third-order valence-corrected chi connectivity index (χ3v) is 9.88. The number of amides is 3. The molecular weight excluding hydrogens is 560 g/mol. The summed E-state index contributed by atoms with van der Waals surface area (Å²) in [6, 6.07) is 11.4. The number of fused-ring (bicyclic) bond motifs is 2. The first kappa shape index (κ1) is 26.2. The average Bonchev–Trinajstić information content (AvgIpc) is 3.40. The number of non-ortho nitro benzene ring substituents is 1. The predicted octanol–water partition coefficient (Wildman–Crippen LogP) is 2.18. The summed E-state index contributed by atoms with van der Waals surface area (Å²) in [5.74, 6) is -2.76. The van der Waals surface area contributed by atoms with E-state index in [0.717, 1.165) is 28.0 Å². The Hall–Kier alpha value is -4.01. The van der Waals surface area contributed by atoms with Crippen LogP contribution in [-0.4, -0.2) is 68.8 Å². The summed E-state index contributed by atoms with van der Waals surface area (Å²) < 4.78 is 6.69. The second-order valence-corrected chi connectivity index (χ2v) is 11.7. The number of hydrogen-bond donors (Lipinski definition) is 1. The van der Waals surface area contributed by atoms with E-state index in [0.29, 0.717) is 41.8 Å². The van der Waals surface area contributed by atoms with Gasteiger partial charge in [0, 0.05) is 36.0 Å². The molecule has 40 heavy (non-hydrogen) atoms. The molecule has 0 aliphatic carbocycles. The number of phenols is 1. The van der Waals surface area contributed by atoms with Crippen LogP contribution in [0.5, 0.6) is 5.75 Å². The van der Waals surface area contributed by atoms with E-state index in [1.807, 2.05) is 0 Å². The molecule has 2 aromatic carbocycles. The van der Waals surface area contributed by atoms with Crippen LogP contribution in [0.2, 0.25) is 0 Å². The van der Waals surface area contributed by atoms with Crippen LogP contribution in [0.25, 0.3) is 0 Å². The summed E-state index contributed by atoms with van der Waals surface area (Å²) in [6.45, 7) is 1.47. The Kier molecular flexibility index (Phi) is 6.68. The highest BCUT2D eigenvalue weighted by molar-refractivity contribution is 8.00. The number of aromatic nitrogens is 1. The van der Waals surface area contributed by atoms with Gasteiger partial charge in [0.15, 0.2) is 0 Å². The normalized spacial score (nSPS) is 22.2. The molecule has 3 aliphatic heterocycles. The predicted molar refractivity (Wildman–Crippen MR) is 145 cm³/mol. The van der Waals surface area contributed by atoms with Gasteiger partial charge in [-0.3, -0.25) is 33.9 Å². The van der Waals surface area contributed by atoms with Crippen LogP contribution >= 0.6 is 23.1 Å². The highest BCUT2D eigenvalue weighted by Crippen LogP contribution is 2.54. The van der Waals surface area contributed by atoms with Crippen molar-refractivity contribution in [2.24, 2.45) is 5.92 Å². The Morgan fingerprint density at radius 2 is 1.70 bits per heavy atom. The molecular formula is C26H22N4O8S2. The molecule has 3 aromatic rings. The van der Waals surface area contributed by atoms with Crippen LogP contribution in [0, 0.1) is 16.0 Å². The van der Waals surface area contributed by atoms with E-state index in [9.17, 15) is 34.4 Å². The number of ether oxygens (including phenoxy) is 1. The Morgan fingerprint density at radius 3 is 2.35 bits per heavy atom. The fourth-order valence-corrected chi connectivity index (χ4v) is 8.10. The third kappa shape index (κ3) is 4.37. The van der Waals surface area contributed by atoms with Gasteiger partial charge in [-0.25, -0.2) is 4.90 Å². The number of imide groups is 1. The number of anilines is 1. The Labute approximate surface area is 234 Å². The summed E-state index contributed by atoms with van der Waals surface area (Å²) in [7, 11) is 0. The SMILES string of the molecule is O=C(Cn1c2c(sc1=O)[C@@H](c1ccc(O)cc1)[C@H]1C(=O)N(c3ccc([N+](=O)[O-])cc3)C(=O)[C@H]1S2)N1CCOCC1. The monoisotopic (exact) mass is 582 g/mol. The molecule has 0 bridgehead atoms. The van der Waals surface area contributed by atoms with Gasteiger partial charge in [-0.2, -0.15) is 0 Å². The Morgan fingerprint density at radius 1 is 1.02 bits per heavy atom. The van der Waals surface area contributed by atoms with Crippen LogP contribution in [0.4, 0.5) is 11.4 Å². The highest BCUT2D eigenvalue weighted by Gasteiger charge is 2.56. The zero-order valence-corrected chi connectivity index (χ0v) is 22.4. The lowest BCUT2D eigenvalue weighted by molar-refractivity contribution is -0.384. The van der Waals surface area contributed by atoms with Gasteiger partial charge in [-0.15, -0.1) is 0 Å². The molecule has 1 N–H and O–H groups in total. The van der Waals surface area contributed by atoms with Gasteiger partial charge in [0.1, 0.15) is 17.5 Å². The fraction of sp³-hybridized carbons (Fsp3) is 0.308. The van der Waals surface area contributed by atoms with Crippen LogP contribution in [0.3, 0.4) is 0 Å². The maximum Gasteiger partial charge on any atom is 0.308 e. The maximum absolute atomic E-state index is 13.9. The van der Waals surface area contributed by atoms with E-state index >= 15 is 0 Å². The van der Waals surface area contributed by atoms with E-state index in [4.69, 9.17) is 4.74 Å². The zero-order valence-electron chi connectivity index (χ0n) is 20.8. The summed E-state index contributed by atoms with van der Waals surface area (Å²) >= 11 is 2.03. The minimum atomic E-state index is -0.896. The number of carbonyl (C=O) groups excluding carboxylic acids is 3. The molecule has 0 unspecified atom stereocenters. The number of morpholine rings is 1. The lowest BCUT2D eigenvalue weighted by Crippen LogP contribution is -2.43. The second kappa shape index (κ2) is 10.2. The standard InChI is InChI=1S/C26H22N4O8S2/c31-17-7-1-14(2-8-17)19-20-21(24(34)29(23(20)33)15-3-5-16(6-4-15)30(36)37)39-25-22(19)40-26(35)28(25)13-18(32)27-9-11-38-12-10-27/h1-8,19-21,31H,9-13H2/t19-,20+,21-/m0/s1. The number of nitrogens with zero attached hydrogens (tertiary/aromatic N) is 4. The van der Waals surface area contributed by atoms with Crippen molar-refractivity contribution in [1.82, 2.24) is 9.47 Å². The second-order valence-electron chi connectivity index (χ2n) is 9.54. The lowest BCUT2D eigenvalue weighted by Gasteiger charge is -2.31. The molecule has 14 heteroatoms. The quantitative estimate of drug-likeness (QED) is 0.271. The molecule has 4 heterocycles. The molecule has 206 valence electrons. The molecule has 3 amide bonds. The summed E-state index contributed by atoms with van der Waals surface area (Å²) in [5.41, 5.74) is 0.671. The molecule has 2 fully saturated rings. The molecule has 0 spiro atoms. The average molecular weight is 583 g/mol. The number of aromatic hydroxyl groups is 1. The van der Waals surface area contributed by atoms with Crippen molar-refractivity contribution < 1.29 is 29.2 Å². The smallest absolute Gasteiger partial charge is 0.308 e. The van der Waals surface area contributed by atoms with Crippen molar-refractivity contribution in [3.63, 3.8) is 0 Å². The highest BCUT2D eigenvalue weighted by atomic mass is 32.2. The Bertz CT molecular complexity index is 1580. The van der Waals surface area contributed by atoms with Crippen molar-refractivity contribution in [2.75, 3.05) is 31.2 Å². The van der Waals surface area contributed by atoms with E-state index < -0.39 is 33.8 Å². The van der Waals surface area contributed by atoms with E-state index in [2.05, 4.69) is 0 Å². The van der Waals surface area contributed by atoms with Crippen LogP contribution < -0.4 is 9.77 Å². The van der Waals surface area contributed by atoms with Gasteiger partial charge in [0.25, 0.3) is 5.69 Å². The number of carbonyl (C=O) groups is 3. The number of thiazole rings is 1. The molecule has 6 rings (SSSR count). The summed E-state index contributed by atoms with van der Waals surface area (Å²) in [6.07, 6.45) is 0. The topological polar surface area (TPSA) is 152 Å². The number of phenolic OH excluding ortho intramolecular Hbond substituents is 1. The number of rotatable bonds is 5. The fourth-order valence-electron chi connectivity index (χ4n) is 5.32. The number of hydrogen-bond acceptors (Lipinski definition) is 10. The van der Waals surface area contributed by atoms with Crippen LogP contribution in [-0.2, 0) is 25.7 Å². The minimum Gasteiger partial charge on any atom is -0.508 e. The molecule has 0 saturated carbocycles. The zero-order chi connectivity index (χ0) is 28.1. The van der Waals surface area contributed by atoms with Crippen molar-refractivity contribution in [3.05, 3.63) is 78.8 Å². The summed E-state index contributed by atoms with van der Waals surface area (Å²) in [5, 5.41) is 20.5. The van der Waals surface area contributed by atoms with E-state index in [1.54, 1.807) is 17.0 Å². The first-order valence-corrected chi connectivity index (χ1v) is 14.1. The molecule has 3 aliphatic rings. The number of thioether (sulfide) groups is 1. The number of nitro benzene ring substituents is 1. The first-order chi connectivity index (χ1) is 19.2. The van der Waals surface area contributed by atoms with Crippen molar-refractivity contribution >= 4 is 52.2 Å². The van der Waals surface area contributed by atoms with E-state index in [-0.39, 0.29) is 34.4 Å². The van der Waals surface area contributed by atoms with Gasteiger partial charge in [-0.1, -0.05) is 35.2 Å². The van der Waals surface area contributed by atoms with Crippen LogP contribution in [0.15, 0.2) is 58.4 Å². The number of nitro groups is 1. The maximum atomic E-state index is 13.9. The minimum absolute atomic E-state index is 0.0221. The lowest BCUT2D eigenvalue weighted by atomic mass is 9.83. The van der Waals surface area contributed by atoms with Crippen molar-refractivity contribution in [1.29, 1.82) is 0 Å². The molecule has 3 atom stereocenters. The van der Waals surface area contributed by atoms with Crippen molar-refractivity contribution in [3.8, 4) is 5.75 Å². The number of benzene rings is 2. The first-order valence-electron chi connectivity index (χ1n) is 12.4. The van der Waals surface area contributed by atoms with Gasteiger partial charge in [0.05, 0.1) is 34.8 Å². The molecule has 1 aromatic heterocycles. The largest absolute Gasteiger partial charge is 0.508 e. The van der Waals surface area contributed by atoms with Gasteiger partial charge in [0.2, 0.25) is 17.7 Å². The molecule has 0 radical (unpaired) electrons. The van der Waals surface area contributed by atoms with Crippen LogP contribution in [0.1, 0.15) is 16.4 Å². The van der Waals surface area contributed by atoms with Crippen molar-refractivity contribution in [2.45, 2.75) is 22.7 Å². The Balaban J connectivity index is 1.41. The summed E-state index contributed by atoms with van der Waals surface area (Å²) in [4.78, 5) is 67.3. The van der Waals surface area contributed by atoms with Gasteiger partial charge < -0.3 is 14.7 Å². The third-order valence-electron chi connectivity index (χ3n) is 7.28. The van der Waals surface area contributed by atoms with E-state index in [1.165, 1.54) is 41.0 Å². The molecule has 2 saturated heterocycles. The molecule has 12 nitrogen and oxygen atoms in total.